The van der Waals surface area contributed by atoms with Gasteiger partial charge < -0.3 is 10.1 Å². The van der Waals surface area contributed by atoms with Crippen molar-refractivity contribution < 1.29 is 22.7 Å². The minimum absolute atomic E-state index is 0.299. The fourth-order valence-corrected chi connectivity index (χ4v) is 3.96. The first kappa shape index (κ1) is 18.4. The average Bonchev–Trinajstić information content (AvgIpc) is 2.93. The number of hydrogen-bond acceptors (Lipinski definition) is 5. The number of nitrogens with zero attached hydrogens (tertiary/aromatic N) is 1. The predicted octanol–water partition coefficient (Wildman–Crippen LogP) is 1.21. The lowest BCUT2D eigenvalue weighted by Crippen LogP contribution is -2.41. The van der Waals surface area contributed by atoms with Gasteiger partial charge in [0.2, 0.25) is 10.0 Å². The van der Waals surface area contributed by atoms with E-state index in [2.05, 4.69) is 5.32 Å². The third-order valence-corrected chi connectivity index (χ3v) is 5.04. The van der Waals surface area contributed by atoms with Gasteiger partial charge in [-0.3, -0.25) is 9.59 Å². The van der Waals surface area contributed by atoms with Gasteiger partial charge in [0.25, 0.3) is 5.91 Å². The van der Waals surface area contributed by atoms with Crippen molar-refractivity contribution in [1.29, 1.82) is 0 Å². The average molecular weight is 354 g/mol. The van der Waals surface area contributed by atoms with E-state index in [-0.39, 0.29) is 0 Å². The van der Waals surface area contributed by atoms with Crippen molar-refractivity contribution in [3.8, 4) is 0 Å². The molecule has 0 aliphatic carbocycles. The zero-order valence-corrected chi connectivity index (χ0v) is 14.9. The number of anilines is 1. The Morgan fingerprint density at radius 1 is 1.25 bits per heavy atom. The summed E-state index contributed by atoms with van der Waals surface area (Å²) in [5.74, 6) is -1.15. The van der Waals surface area contributed by atoms with E-state index in [4.69, 9.17) is 4.74 Å². The van der Waals surface area contributed by atoms with Crippen LogP contribution in [0.25, 0.3) is 0 Å². The first-order valence-electron chi connectivity index (χ1n) is 7.68. The van der Waals surface area contributed by atoms with Crippen LogP contribution < -0.4 is 5.32 Å². The zero-order valence-electron chi connectivity index (χ0n) is 14.0. The molecule has 24 heavy (non-hydrogen) atoms. The van der Waals surface area contributed by atoms with Crippen molar-refractivity contribution in [2.24, 2.45) is 0 Å². The number of hydrogen-bond donors (Lipinski definition) is 1. The van der Waals surface area contributed by atoms with Gasteiger partial charge in [0.05, 0.1) is 6.26 Å². The van der Waals surface area contributed by atoms with Crippen molar-refractivity contribution in [2.75, 3.05) is 24.7 Å². The molecule has 0 unspecified atom stereocenters. The maximum atomic E-state index is 12.1. The Bertz CT molecular complexity index is 725. The van der Waals surface area contributed by atoms with E-state index in [1.54, 1.807) is 0 Å². The summed E-state index contributed by atoms with van der Waals surface area (Å²) in [6, 6.07) is 4.77. The second-order valence-electron chi connectivity index (χ2n) is 6.06. The monoisotopic (exact) mass is 354 g/mol. The molecule has 0 aromatic heterocycles. The molecule has 132 valence electrons. The molecule has 1 heterocycles. The number of sulfonamides is 1. The van der Waals surface area contributed by atoms with E-state index in [1.165, 1.54) is 0 Å². The lowest BCUT2D eigenvalue weighted by atomic mass is 10.1. The largest absolute Gasteiger partial charge is 0.454 e. The number of nitrogens with one attached hydrogen (secondary N) is 1. The lowest BCUT2D eigenvalue weighted by Gasteiger charge is -2.20. The summed E-state index contributed by atoms with van der Waals surface area (Å²) in [4.78, 5) is 24.0. The van der Waals surface area contributed by atoms with Gasteiger partial charge in [0.15, 0.2) is 6.61 Å². The van der Waals surface area contributed by atoms with Gasteiger partial charge in [0.1, 0.15) is 6.04 Å². The topological polar surface area (TPSA) is 92.8 Å². The standard InChI is InChI=1S/C16H22N2O5S/c1-11-7-12(2)9-13(8-11)17-15(19)10-23-16(20)14-5-4-6-18(14)24(3,21)22/h7-9,14H,4-6,10H2,1-3H3,(H,17,19)/t14-/m0/s1. The van der Waals surface area contributed by atoms with Gasteiger partial charge in [-0.05, 0) is 49.9 Å². The van der Waals surface area contributed by atoms with Crippen LogP contribution in [0.2, 0.25) is 0 Å². The summed E-state index contributed by atoms with van der Waals surface area (Å²) in [5, 5.41) is 2.66. The number of aryl methyl sites for hydroxylation is 2. The second kappa shape index (κ2) is 7.31. The van der Waals surface area contributed by atoms with E-state index in [1.807, 2.05) is 32.0 Å². The Morgan fingerprint density at radius 2 is 1.88 bits per heavy atom. The smallest absolute Gasteiger partial charge is 0.324 e. The third-order valence-electron chi connectivity index (χ3n) is 3.75. The quantitative estimate of drug-likeness (QED) is 0.802. The molecule has 7 nitrogen and oxygen atoms in total. The number of esters is 1. The summed E-state index contributed by atoms with van der Waals surface area (Å²) < 4.78 is 29.4. The van der Waals surface area contributed by atoms with Crippen LogP contribution in [0.15, 0.2) is 18.2 Å². The van der Waals surface area contributed by atoms with E-state index >= 15 is 0 Å². The maximum absolute atomic E-state index is 12.1. The van der Waals surface area contributed by atoms with Gasteiger partial charge in [-0.1, -0.05) is 6.07 Å². The van der Waals surface area contributed by atoms with Crippen molar-refractivity contribution in [3.05, 3.63) is 29.3 Å². The van der Waals surface area contributed by atoms with E-state index in [0.717, 1.165) is 21.7 Å². The van der Waals surface area contributed by atoms with Crippen LogP contribution in [0.4, 0.5) is 5.69 Å². The number of rotatable bonds is 5. The van der Waals surface area contributed by atoms with E-state index in [0.29, 0.717) is 25.1 Å². The SMILES string of the molecule is Cc1cc(C)cc(NC(=O)COC(=O)[C@@H]2CCCN2S(C)(=O)=O)c1. The van der Waals surface area contributed by atoms with Gasteiger partial charge >= 0.3 is 5.97 Å². The highest BCUT2D eigenvalue weighted by molar-refractivity contribution is 7.88. The maximum Gasteiger partial charge on any atom is 0.324 e. The van der Waals surface area contributed by atoms with Crippen LogP contribution in [0.3, 0.4) is 0 Å². The number of carbonyl (C=O) groups is 2. The molecule has 1 saturated heterocycles. The number of benzene rings is 1. The van der Waals surface area contributed by atoms with Crippen LogP contribution in [0.1, 0.15) is 24.0 Å². The Hall–Kier alpha value is -1.93. The molecule has 1 aliphatic rings. The molecular formula is C16H22N2O5S. The summed E-state index contributed by atoms with van der Waals surface area (Å²) in [6.45, 7) is 3.69. The Morgan fingerprint density at radius 3 is 2.46 bits per heavy atom. The van der Waals surface area contributed by atoms with Crippen LogP contribution in [0.5, 0.6) is 0 Å². The minimum Gasteiger partial charge on any atom is -0.454 e. The van der Waals surface area contributed by atoms with Gasteiger partial charge in [-0.2, -0.15) is 4.31 Å². The molecule has 2 rings (SSSR count). The molecular weight excluding hydrogens is 332 g/mol. The van der Waals surface area contributed by atoms with E-state index < -0.39 is 34.5 Å². The highest BCUT2D eigenvalue weighted by Gasteiger charge is 2.37. The molecule has 0 spiro atoms. The molecule has 1 atom stereocenters. The molecule has 8 heteroatoms. The first-order chi connectivity index (χ1) is 11.2. The predicted molar refractivity (Wildman–Crippen MR) is 90.1 cm³/mol. The van der Waals surface area contributed by atoms with Crippen LogP contribution in [0, 0.1) is 13.8 Å². The summed E-state index contributed by atoms with van der Waals surface area (Å²) >= 11 is 0. The normalized spacial score (nSPS) is 18.4. The minimum atomic E-state index is -3.46. The Labute approximate surface area is 142 Å². The van der Waals surface area contributed by atoms with Crippen molar-refractivity contribution >= 4 is 27.6 Å². The van der Waals surface area contributed by atoms with Crippen molar-refractivity contribution in [2.45, 2.75) is 32.7 Å². The number of ether oxygens (including phenoxy) is 1. The highest BCUT2D eigenvalue weighted by atomic mass is 32.2. The molecule has 1 aliphatic heterocycles. The highest BCUT2D eigenvalue weighted by Crippen LogP contribution is 2.21. The van der Waals surface area contributed by atoms with Crippen molar-refractivity contribution in [3.63, 3.8) is 0 Å². The summed E-state index contributed by atoms with van der Waals surface area (Å²) in [6.07, 6.45) is 2.07. The third kappa shape index (κ3) is 4.78. The Balaban J connectivity index is 1.90. The van der Waals surface area contributed by atoms with Gasteiger partial charge in [-0.25, -0.2) is 8.42 Å². The molecule has 1 aromatic rings. The number of amides is 1. The summed E-state index contributed by atoms with van der Waals surface area (Å²) in [5.41, 5.74) is 2.65. The van der Waals surface area contributed by atoms with E-state index in [9.17, 15) is 18.0 Å². The number of carbonyl (C=O) groups excluding carboxylic acids is 2. The fraction of sp³-hybridized carbons (Fsp3) is 0.500. The fourth-order valence-electron chi connectivity index (χ4n) is 2.85. The second-order valence-corrected chi connectivity index (χ2v) is 8.00. The molecule has 0 saturated carbocycles. The van der Waals surface area contributed by atoms with Gasteiger partial charge in [0, 0.05) is 12.2 Å². The summed E-state index contributed by atoms with van der Waals surface area (Å²) in [7, 11) is -3.46. The molecule has 1 N–H and O–H groups in total. The molecule has 1 aromatic carbocycles. The molecule has 0 bridgehead atoms. The zero-order chi connectivity index (χ0) is 17.9. The molecule has 1 fully saturated rings. The van der Waals surface area contributed by atoms with Crippen LogP contribution in [-0.4, -0.2) is 50.0 Å². The Kier molecular flexibility index (Phi) is 5.61. The lowest BCUT2D eigenvalue weighted by molar-refractivity contribution is -0.150. The van der Waals surface area contributed by atoms with Crippen LogP contribution in [-0.2, 0) is 24.3 Å². The van der Waals surface area contributed by atoms with Crippen molar-refractivity contribution in [1.82, 2.24) is 4.31 Å². The van der Waals surface area contributed by atoms with Crippen LogP contribution >= 0.6 is 0 Å². The van der Waals surface area contributed by atoms with Gasteiger partial charge in [-0.15, -0.1) is 0 Å². The molecule has 0 radical (unpaired) electrons. The molecule has 1 amide bonds. The first-order valence-corrected chi connectivity index (χ1v) is 9.53.